The summed E-state index contributed by atoms with van der Waals surface area (Å²) in [7, 11) is 0. The number of aromatic amines is 1. The summed E-state index contributed by atoms with van der Waals surface area (Å²) < 4.78 is 1.98. The van der Waals surface area contributed by atoms with E-state index in [-0.39, 0.29) is 22.7 Å². The maximum absolute atomic E-state index is 13.1. The van der Waals surface area contributed by atoms with Gasteiger partial charge in [-0.05, 0) is 49.4 Å². The third kappa shape index (κ3) is 5.00. The Morgan fingerprint density at radius 1 is 0.971 bits per heavy atom. The van der Waals surface area contributed by atoms with E-state index in [0.717, 1.165) is 22.8 Å². The lowest BCUT2D eigenvalue weighted by molar-refractivity contribution is 0.101. The molecule has 0 saturated carbocycles. The van der Waals surface area contributed by atoms with Crippen LogP contribution in [0.15, 0.2) is 59.8 Å². The average Bonchev–Trinajstić information content (AvgIpc) is 3.37. The van der Waals surface area contributed by atoms with Crippen LogP contribution in [0.5, 0.6) is 0 Å². The number of Topliss-reactive ketones (excluding diaryl/α,β-unsaturated/α-hetero) is 2. The fourth-order valence-corrected chi connectivity index (χ4v) is 5.06. The number of hydrogen-bond donors (Lipinski definition) is 1. The molecule has 35 heavy (non-hydrogen) atoms. The van der Waals surface area contributed by atoms with Crippen LogP contribution >= 0.6 is 11.8 Å². The largest absolute Gasteiger partial charge is 0.355 e. The quantitative estimate of drug-likeness (QED) is 0.243. The van der Waals surface area contributed by atoms with E-state index in [4.69, 9.17) is 0 Å². The summed E-state index contributed by atoms with van der Waals surface area (Å²) in [6.45, 7) is 11.7. The summed E-state index contributed by atoms with van der Waals surface area (Å²) in [6.07, 6.45) is 0. The summed E-state index contributed by atoms with van der Waals surface area (Å²) in [5.74, 6) is 0.763. The standard InChI is InChI=1S/C28H30N4O2S/c1-17-24(19(3)33)18(2)29-25(17)23(34)16-35-27-31-30-26(32(27)22-10-8-7-9-11-22)20-12-14-21(15-13-20)28(4,5)6/h7-15,29H,16H2,1-6H3. The topological polar surface area (TPSA) is 80.6 Å². The van der Waals surface area contributed by atoms with Crippen LogP contribution in [0.25, 0.3) is 17.1 Å². The Kier molecular flexibility index (Phi) is 6.81. The minimum absolute atomic E-state index is 0.0473. The van der Waals surface area contributed by atoms with Gasteiger partial charge in [0.15, 0.2) is 22.5 Å². The van der Waals surface area contributed by atoms with E-state index in [9.17, 15) is 9.59 Å². The first-order valence-electron chi connectivity index (χ1n) is 11.6. The van der Waals surface area contributed by atoms with E-state index in [0.29, 0.717) is 22.0 Å². The van der Waals surface area contributed by atoms with Crippen LogP contribution in [0.2, 0.25) is 0 Å². The molecule has 0 spiro atoms. The summed E-state index contributed by atoms with van der Waals surface area (Å²) in [5.41, 5.74) is 5.66. The van der Waals surface area contributed by atoms with Gasteiger partial charge in [-0.3, -0.25) is 14.2 Å². The van der Waals surface area contributed by atoms with Gasteiger partial charge >= 0.3 is 0 Å². The predicted octanol–water partition coefficient (Wildman–Crippen LogP) is 6.35. The zero-order valence-corrected chi connectivity index (χ0v) is 21.8. The zero-order valence-electron chi connectivity index (χ0n) is 21.0. The van der Waals surface area contributed by atoms with Gasteiger partial charge in [0, 0.05) is 22.5 Å². The molecule has 0 aliphatic heterocycles. The number of benzene rings is 2. The molecule has 2 aromatic carbocycles. The number of aromatic nitrogens is 4. The highest BCUT2D eigenvalue weighted by Crippen LogP contribution is 2.31. The lowest BCUT2D eigenvalue weighted by atomic mass is 9.87. The third-order valence-corrected chi connectivity index (χ3v) is 6.99. The molecule has 0 aliphatic carbocycles. The number of rotatable bonds is 7. The molecule has 180 valence electrons. The Balaban J connectivity index is 1.66. The second-order valence-electron chi connectivity index (χ2n) is 9.70. The van der Waals surface area contributed by atoms with Crippen LogP contribution in [-0.4, -0.2) is 37.1 Å². The number of hydrogen-bond acceptors (Lipinski definition) is 5. The van der Waals surface area contributed by atoms with Crippen LogP contribution in [0.1, 0.15) is 65.4 Å². The zero-order chi connectivity index (χ0) is 25.3. The fourth-order valence-electron chi connectivity index (χ4n) is 4.24. The fraction of sp³-hybridized carbons (Fsp3) is 0.286. The van der Waals surface area contributed by atoms with Crippen LogP contribution in [0, 0.1) is 13.8 Å². The molecule has 1 N–H and O–H groups in total. The van der Waals surface area contributed by atoms with Gasteiger partial charge < -0.3 is 4.98 Å². The molecular formula is C28H30N4O2S. The van der Waals surface area contributed by atoms with Crippen molar-refractivity contribution in [2.24, 2.45) is 0 Å². The van der Waals surface area contributed by atoms with Crippen molar-refractivity contribution in [1.82, 2.24) is 19.7 Å². The Labute approximate surface area is 210 Å². The van der Waals surface area contributed by atoms with E-state index < -0.39 is 0 Å². The molecule has 0 amide bonds. The number of para-hydroxylation sites is 1. The first kappa shape index (κ1) is 24.7. The highest BCUT2D eigenvalue weighted by atomic mass is 32.2. The molecule has 0 fully saturated rings. The van der Waals surface area contributed by atoms with E-state index in [1.165, 1.54) is 24.2 Å². The minimum atomic E-state index is -0.0817. The molecule has 0 radical (unpaired) electrons. The smallest absolute Gasteiger partial charge is 0.196 e. The molecule has 4 aromatic rings. The molecule has 2 aromatic heterocycles. The van der Waals surface area contributed by atoms with Crippen molar-refractivity contribution in [2.45, 2.75) is 52.1 Å². The van der Waals surface area contributed by atoms with Crippen molar-refractivity contribution >= 4 is 23.3 Å². The summed E-state index contributed by atoms with van der Waals surface area (Å²) in [6, 6.07) is 18.3. The van der Waals surface area contributed by atoms with Crippen LogP contribution in [-0.2, 0) is 5.41 Å². The molecule has 0 unspecified atom stereocenters. The number of H-pyrrole nitrogens is 1. The van der Waals surface area contributed by atoms with Gasteiger partial charge in [0.1, 0.15) is 0 Å². The van der Waals surface area contributed by atoms with Gasteiger partial charge in [0.05, 0.1) is 11.4 Å². The van der Waals surface area contributed by atoms with Gasteiger partial charge in [0.2, 0.25) is 0 Å². The summed E-state index contributed by atoms with van der Waals surface area (Å²) in [5, 5.41) is 9.56. The third-order valence-electron chi connectivity index (χ3n) is 6.06. The predicted molar refractivity (Wildman–Crippen MR) is 141 cm³/mol. The van der Waals surface area contributed by atoms with Crippen molar-refractivity contribution in [3.8, 4) is 17.1 Å². The molecule has 6 nitrogen and oxygen atoms in total. The molecule has 2 heterocycles. The van der Waals surface area contributed by atoms with Gasteiger partial charge in [-0.15, -0.1) is 10.2 Å². The Hall–Kier alpha value is -3.45. The Morgan fingerprint density at radius 2 is 1.63 bits per heavy atom. The van der Waals surface area contributed by atoms with Crippen LogP contribution in [0.3, 0.4) is 0 Å². The molecule has 0 aliphatic rings. The number of carbonyl (C=O) groups excluding carboxylic acids is 2. The maximum Gasteiger partial charge on any atom is 0.196 e. The average molecular weight is 487 g/mol. The number of ketones is 2. The van der Waals surface area contributed by atoms with E-state index >= 15 is 0 Å². The molecule has 0 saturated heterocycles. The summed E-state index contributed by atoms with van der Waals surface area (Å²) in [4.78, 5) is 28.1. The number of thioether (sulfide) groups is 1. The first-order chi connectivity index (χ1) is 16.6. The van der Waals surface area contributed by atoms with Crippen molar-refractivity contribution in [3.05, 3.63) is 82.7 Å². The Bertz CT molecular complexity index is 1380. The van der Waals surface area contributed by atoms with Crippen molar-refractivity contribution < 1.29 is 9.59 Å². The second-order valence-corrected chi connectivity index (χ2v) is 10.6. The molecular weight excluding hydrogens is 456 g/mol. The van der Waals surface area contributed by atoms with Gasteiger partial charge in [0.25, 0.3) is 0 Å². The molecule has 0 bridgehead atoms. The number of carbonyl (C=O) groups is 2. The van der Waals surface area contributed by atoms with E-state index in [1.807, 2.05) is 48.7 Å². The molecule has 4 rings (SSSR count). The lowest BCUT2D eigenvalue weighted by Crippen LogP contribution is -2.10. The highest BCUT2D eigenvalue weighted by Gasteiger charge is 2.22. The van der Waals surface area contributed by atoms with Crippen molar-refractivity contribution in [2.75, 3.05) is 5.75 Å². The van der Waals surface area contributed by atoms with Gasteiger partial charge in [-0.2, -0.15) is 0 Å². The number of nitrogens with zero attached hydrogens (tertiary/aromatic N) is 3. The second kappa shape index (κ2) is 9.66. The number of aryl methyl sites for hydroxylation is 1. The monoisotopic (exact) mass is 486 g/mol. The van der Waals surface area contributed by atoms with Gasteiger partial charge in [-0.25, -0.2) is 0 Å². The van der Waals surface area contributed by atoms with Crippen molar-refractivity contribution in [1.29, 1.82) is 0 Å². The SMILES string of the molecule is CC(=O)c1c(C)[nH]c(C(=O)CSc2nnc(-c3ccc(C(C)(C)C)cc3)n2-c2ccccc2)c1C. The molecule has 7 heteroatoms. The first-order valence-corrected chi connectivity index (χ1v) is 12.5. The highest BCUT2D eigenvalue weighted by molar-refractivity contribution is 7.99. The van der Waals surface area contributed by atoms with E-state index in [2.05, 4.69) is 60.2 Å². The van der Waals surface area contributed by atoms with Gasteiger partial charge in [-0.1, -0.05) is 75.0 Å². The normalized spacial score (nSPS) is 11.6. The van der Waals surface area contributed by atoms with E-state index in [1.54, 1.807) is 0 Å². The lowest BCUT2D eigenvalue weighted by Gasteiger charge is -2.19. The van der Waals surface area contributed by atoms with Crippen LogP contribution in [0.4, 0.5) is 0 Å². The minimum Gasteiger partial charge on any atom is -0.355 e. The number of nitrogens with one attached hydrogen (secondary N) is 1. The van der Waals surface area contributed by atoms with Crippen molar-refractivity contribution in [3.63, 3.8) is 0 Å². The summed E-state index contributed by atoms with van der Waals surface area (Å²) >= 11 is 1.33. The maximum atomic E-state index is 13.1. The van der Waals surface area contributed by atoms with Crippen LogP contribution < -0.4 is 0 Å². The Morgan fingerprint density at radius 3 is 2.20 bits per heavy atom. The molecule has 0 atom stereocenters.